The zero-order valence-corrected chi connectivity index (χ0v) is 6.56. The third kappa shape index (κ3) is 1.53. The summed E-state index contributed by atoms with van der Waals surface area (Å²) in [5.41, 5.74) is 0.265. The van der Waals surface area contributed by atoms with Crippen LogP contribution < -0.4 is 5.32 Å². The maximum atomic E-state index is 12.8. The molecule has 0 aliphatic rings. The minimum atomic E-state index is -0.728. The zero-order valence-electron chi connectivity index (χ0n) is 6.56. The topological polar surface area (TPSA) is 32.3 Å². The molecular weight excluding hydrogens is 164 g/mol. The summed E-state index contributed by atoms with van der Waals surface area (Å²) in [6.45, 7) is -0.430. The first-order valence-corrected chi connectivity index (χ1v) is 3.45. The molecule has 2 N–H and O–H groups in total. The molecule has 1 aromatic carbocycles. The lowest BCUT2D eigenvalue weighted by atomic mass is 10.2. The van der Waals surface area contributed by atoms with Gasteiger partial charge in [-0.2, -0.15) is 0 Å². The van der Waals surface area contributed by atoms with Gasteiger partial charge in [0.2, 0.25) is 0 Å². The molecule has 0 unspecified atom stereocenters. The Morgan fingerprint density at radius 2 is 2.00 bits per heavy atom. The van der Waals surface area contributed by atoms with E-state index in [0.29, 0.717) is 0 Å². The van der Waals surface area contributed by atoms with Gasteiger partial charge in [0.05, 0.1) is 12.3 Å². The van der Waals surface area contributed by atoms with Gasteiger partial charge < -0.3 is 10.4 Å². The van der Waals surface area contributed by atoms with Gasteiger partial charge in [-0.1, -0.05) is 0 Å². The number of nitrogens with one attached hydrogen (secondary N) is 1. The summed E-state index contributed by atoms with van der Waals surface area (Å²) in [6.07, 6.45) is 0. The highest BCUT2D eigenvalue weighted by molar-refractivity contribution is 5.47. The van der Waals surface area contributed by atoms with Gasteiger partial charge in [-0.15, -0.1) is 0 Å². The highest BCUT2D eigenvalue weighted by atomic mass is 19.1. The van der Waals surface area contributed by atoms with Crippen LogP contribution in [0.15, 0.2) is 12.1 Å². The van der Waals surface area contributed by atoms with E-state index in [1.165, 1.54) is 13.1 Å². The third-order valence-corrected chi connectivity index (χ3v) is 1.58. The maximum Gasteiger partial charge on any atom is 0.149 e. The molecule has 0 saturated carbocycles. The molecule has 0 radical (unpaired) electrons. The smallest absolute Gasteiger partial charge is 0.149 e. The molecule has 1 aromatic rings. The van der Waals surface area contributed by atoms with Gasteiger partial charge >= 0.3 is 0 Å². The summed E-state index contributed by atoms with van der Waals surface area (Å²) >= 11 is 0. The number of anilines is 1. The Bertz CT molecular complexity index is 263. The fourth-order valence-electron chi connectivity index (χ4n) is 0.907. The molecule has 0 aliphatic heterocycles. The molecule has 0 aliphatic carbocycles. The lowest BCUT2D eigenvalue weighted by Gasteiger charge is -2.05. The SMILES string of the molecule is CNc1cc(CO)c(F)cc1F. The molecule has 0 bridgehead atoms. The zero-order chi connectivity index (χ0) is 9.14. The Morgan fingerprint density at radius 3 is 2.50 bits per heavy atom. The van der Waals surface area contributed by atoms with Crippen molar-refractivity contribution < 1.29 is 13.9 Å². The van der Waals surface area contributed by atoms with E-state index in [9.17, 15) is 8.78 Å². The van der Waals surface area contributed by atoms with Crippen LogP contribution in [0.25, 0.3) is 0 Å². The second-order valence-electron chi connectivity index (χ2n) is 2.33. The molecule has 0 atom stereocenters. The summed E-state index contributed by atoms with van der Waals surface area (Å²) in [6, 6.07) is 1.99. The van der Waals surface area contributed by atoms with Crippen LogP contribution in [0.1, 0.15) is 5.56 Å². The van der Waals surface area contributed by atoms with E-state index in [-0.39, 0.29) is 11.3 Å². The van der Waals surface area contributed by atoms with Crippen molar-refractivity contribution in [2.45, 2.75) is 6.61 Å². The van der Waals surface area contributed by atoms with Crippen molar-refractivity contribution in [3.05, 3.63) is 29.3 Å². The van der Waals surface area contributed by atoms with Crippen molar-refractivity contribution in [1.29, 1.82) is 0 Å². The molecule has 12 heavy (non-hydrogen) atoms. The van der Waals surface area contributed by atoms with Gasteiger partial charge in [-0.05, 0) is 6.07 Å². The number of hydrogen-bond donors (Lipinski definition) is 2. The van der Waals surface area contributed by atoms with Crippen LogP contribution in [0.4, 0.5) is 14.5 Å². The molecule has 2 nitrogen and oxygen atoms in total. The van der Waals surface area contributed by atoms with Gasteiger partial charge in [-0.3, -0.25) is 0 Å². The van der Waals surface area contributed by atoms with Crippen LogP contribution in [0.3, 0.4) is 0 Å². The highest BCUT2D eigenvalue weighted by Gasteiger charge is 2.07. The molecule has 0 fully saturated rings. The average Bonchev–Trinajstić information content (AvgIpc) is 2.05. The lowest BCUT2D eigenvalue weighted by Crippen LogP contribution is -1.97. The Kier molecular flexibility index (Phi) is 2.60. The van der Waals surface area contributed by atoms with Crippen LogP contribution in [-0.4, -0.2) is 12.2 Å². The highest BCUT2D eigenvalue weighted by Crippen LogP contribution is 2.18. The lowest BCUT2D eigenvalue weighted by molar-refractivity contribution is 0.275. The second kappa shape index (κ2) is 3.49. The fourth-order valence-corrected chi connectivity index (χ4v) is 0.907. The van der Waals surface area contributed by atoms with Gasteiger partial charge in [0.15, 0.2) is 0 Å². The number of rotatable bonds is 2. The number of aliphatic hydroxyl groups excluding tert-OH is 1. The molecule has 4 heteroatoms. The maximum absolute atomic E-state index is 12.8. The minimum Gasteiger partial charge on any atom is -0.392 e. The molecule has 0 heterocycles. The Balaban J connectivity index is 3.18. The van der Waals surface area contributed by atoms with Crippen molar-refractivity contribution >= 4 is 5.69 Å². The first-order valence-electron chi connectivity index (χ1n) is 3.45. The van der Waals surface area contributed by atoms with Crippen LogP contribution in [0.5, 0.6) is 0 Å². The monoisotopic (exact) mass is 173 g/mol. The predicted molar refractivity (Wildman–Crippen MR) is 41.8 cm³/mol. The standard InChI is InChI=1S/C8H9F2NO/c1-11-8-2-5(4-12)6(9)3-7(8)10/h2-3,11-12H,4H2,1H3. The van der Waals surface area contributed by atoms with Crippen molar-refractivity contribution in [1.82, 2.24) is 0 Å². The summed E-state index contributed by atoms with van der Waals surface area (Å²) in [7, 11) is 1.53. The van der Waals surface area contributed by atoms with Crippen LogP contribution in [0, 0.1) is 11.6 Å². The Hall–Kier alpha value is -1.16. The van der Waals surface area contributed by atoms with Crippen LogP contribution in [0.2, 0.25) is 0 Å². The fraction of sp³-hybridized carbons (Fsp3) is 0.250. The van der Waals surface area contributed by atoms with Crippen molar-refractivity contribution in [3.63, 3.8) is 0 Å². The predicted octanol–water partition coefficient (Wildman–Crippen LogP) is 1.50. The van der Waals surface area contributed by atoms with Crippen molar-refractivity contribution in [2.75, 3.05) is 12.4 Å². The molecule has 0 spiro atoms. The minimum absolute atomic E-state index is 0.0840. The summed E-state index contributed by atoms with van der Waals surface area (Å²) < 4.78 is 25.5. The van der Waals surface area contributed by atoms with Crippen molar-refractivity contribution in [2.24, 2.45) is 0 Å². The normalized spacial score (nSPS) is 10.0. The van der Waals surface area contributed by atoms with Crippen molar-refractivity contribution in [3.8, 4) is 0 Å². The third-order valence-electron chi connectivity index (χ3n) is 1.58. The quantitative estimate of drug-likeness (QED) is 0.710. The number of aliphatic hydroxyl groups is 1. The van der Waals surface area contributed by atoms with E-state index < -0.39 is 18.2 Å². The number of benzene rings is 1. The summed E-state index contributed by atoms with van der Waals surface area (Å²) in [4.78, 5) is 0. The molecule has 1 rings (SSSR count). The first-order chi connectivity index (χ1) is 5.69. The number of halogens is 2. The van der Waals surface area contributed by atoms with Gasteiger partial charge in [-0.25, -0.2) is 8.78 Å². The van der Waals surface area contributed by atoms with Gasteiger partial charge in [0.25, 0.3) is 0 Å². The van der Waals surface area contributed by atoms with E-state index in [2.05, 4.69) is 5.32 Å². The second-order valence-corrected chi connectivity index (χ2v) is 2.33. The number of hydrogen-bond acceptors (Lipinski definition) is 2. The van der Waals surface area contributed by atoms with Gasteiger partial charge in [0, 0.05) is 18.7 Å². The van der Waals surface area contributed by atoms with E-state index in [1.807, 2.05) is 0 Å². The molecule has 0 amide bonds. The summed E-state index contributed by atoms with van der Waals surface area (Å²) in [5.74, 6) is -1.39. The Morgan fingerprint density at radius 1 is 1.33 bits per heavy atom. The molecule has 0 saturated heterocycles. The Labute approximate surface area is 68.8 Å². The molecular formula is C8H9F2NO. The van der Waals surface area contributed by atoms with E-state index in [1.54, 1.807) is 0 Å². The van der Waals surface area contributed by atoms with E-state index in [0.717, 1.165) is 6.07 Å². The molecule has 0 aromatic heterocycles. The average molecular weight is 173 g/mol. The summed E-state index contributed by atoms with van der Waals surface area (Å²) in [5, 5.41) is 11.2. The van der Waals surface area contributed by atoms with Crippen LogP contribution in [-0.2, 0) is 6.61 Å². The van der Waals surface area contributed by atoms with Gasteiger partial charge in [0.1, 0.15) is 11.6 Å². The molecule has 66 valence electrons. The van der Waals surface area contributed by atoms with E-state index >= 15 is 0 Å². The van der Waals surface area contributed by atoms with Crippen LogP contribution >= 0.6 is 0 Å². The largest absolute Gasteiger partial charge is 0.392 e. The van der Waals surface area contributed by atoms with E-state index in [4.69, 9.17) is 5.11 Å². The first kappa shape index (κ1) is 8.93.